The van der Waals surface area contributed by atoms with E-state index in [1.165, 1.54) is 17.4 Å². The van der Waals surface area contributed by atoms with Crippen molar-refractivity contribution in [2.45, 2.75) is 13.0 Å². The highest BCUT2D eigenvalue weighted by molar-refractivity contribution is 14.1. The van der Waals surface area contributed by atoms with Crippen LogP contribution in [-0.4, -0.2) is 29.9 Å². The van der Waals surface area contributed by atoms with Gasteiger partial charge in [0.15, 0.2) is 6.61 Å². The molecule has 2 aromatic carbocycles. The van der Waals surface area contributed by atoms with Crippen molar-refractivity contribution >= 4 is 45.7 Å². The molecular formula is C21H19FIN3O3S. The third-order valence-corrected chi connectivity index (χ3v) is 5.61. The summed E-state index contributed by atoms with van der Waals surface area (Å²) in [5.41, 5.74) is 0.819. The lowest BCUT2D eigenvalue weighted by molar-refractivity contribution is -0.123. The van der Waals surface area contributed by atoms with Crippen LogP contribution in [0.4, 0.5) is 4.39 Å². The molecule has 0 radical (unpaired) electrons. The largest absolute Gasteiger partial charge is 0.484 e. The molecule has 2 N–H and O–H groups in total. The Bertz CT molecular complexity index is 1010. The zero-order valence-corrected chi connectivity index (χ0v) is 18.8. The molecule has 0 fully saturated rings. The van der Waals surface area contributed by atoms with E-state index in [-0.39, 0.29) is 36.5 Å². The number of nitrogens with zero attached hydrogens (tertiary/aromatic N) is 1. The molecule has 0 unspecified atom stereocenters. The molecular weight excluding hydrogens is 520 g/mol. The second-order valence-corrected chi connectivity index (χ2v) is 8.43. The van der Waals surface area contributed by atoms with Crippen LogP contribution in [0.2, 0.25) is 0 Å². The molecule has 0 atom stereocenters. The number of hydrogen-bond acceptors (Lipinski definition) is 5. The topological polar surface area (TPSA) is 80.3 Å². The summed E-state index contributed by atoms with van der Waals surface area (Å²) < 4.78 is 20.1. The maximum Gasteiger partial charge on any atom is 0.270 e. The van der Waals surface area contributed by atoms with Gasteiger partial charge in [-0.3, -0.25) is 9.59 Å². The Kier molecular flexibility index (Phi) is 8.14. The van der Waals surface area contributed by atoms with E-state index in [0.29, 0.717) is 29.3 Å². The van der Waals surface area contributed by atoms with Crippen LogP contribution >= 0.6 is 33.9 Å². The molecule has 6 nitrogen and oxygen atoms in total. The van der Waals surface area contributed by atoms with Gasteiger partial charge in [-0.1, -0.05) is 18.2 Å². The molecule has 0 saturated carbocycles. The maximum atomic E-state index is 13.6. The number of benzene rings is 2. The van der Waals surface area contributed by atoms with E-state index in [4.69, 9.17) is 4.74 Å². The SMILES string of the molecule is O=C(COc1ccc(I)cc1)NCc1nc(C(=O)NCCc2ccccc2F)cs1. The van der Waals surface area contributed by atoms with E-state index in [9.17, 15) is 14.0 Å². The standard InChI is InChI=1S/C21H19FIN3O3S/c22-17-4-2-1-3-14(17)9-10-24-21(28)18-13-30-20(26-18)11-25-19(27)12-29-16-7-5-15(23)6-8-16/h1-8,13H,9-12H2,(H,24,28)(H,25,27). The van der Waals surface area contributed by atoms with Gasteiger partial charge in [-0.2, -0.15) is 0 Å². The minimum Gasteiger partial charge on any atom is -0.484 e. The third kappa shape index (κ3) is 6.77. The molecule has 3 rings (SSSR count). The van der Waals surface area contributed by atoms with Gasteiger partial charge in [-0.05, 0) is 64.9 Å². The molecule has 9 heteroatoms. The normalized spacial score (nSPS) is 10.5. The molecule has 1 heterocycles. The number of carbonyl (C=O) groups is 2. The van der Waals surface area contributed by atoms with E-state index >= 15 is 0 Å². The molecule has 0 aliphatic carbocycles. The zero-order chi connectivity index (χ0) is 21.3. The Balaban J connectivity index is 1.39. The van der Waals surface area contributed by atoms with Crippen molar-refractivity contribution in [1.29, 1.82) is 0 Å². The van der Waals surface area contributed by atoms with Gasteiger partial charge < -0.3 is 15.4 Å². The zero-order valence-electron chi connectivity index (χ0n) is 15.9. The van der Waals surface area contributed by atoms with Gasteiger partial charge in [0.1, 0.15) is 22.3 Å². The fourth-order valence-electron chi connectivity index (χ4n) is 2.50. The number of ether oxygens (including phenoxy) is 1. The number of carbonyl (C=O) groups excluding carboxylic acids is 2. The highest BCUT2D eigenvalue weighted by atomic mass is 127. The average molecular weight is 539 g/mol. The first-order chi connectivity index (χ1) is 14.5. The van der Waals surface area contributed by atoms with Gasteiger partial charge in [-0.15, -0.1) is 11.3 Å². The molecule has 30 heavy (non-hydrogen) atoms. The highest BCUT2D eigenvalue weighted by Crippen LogP contribution is 2.13. The monoisotopic (exact) mass is 539 g/mol. The van der Waals surface area contributed by atoms with Crippen LogP contribution in [0.5, 0.6) is 5.75 Å². The van der Waals surface area contributed by atoms with Crippen LogP contribution in [0.3, 0.4) is 0 Å². The minimum atomic E-state index is -0.331. The van der Waals surface area contributed by atoms with Crippen LogP contribution in [0.15, 0.2) is 53.9 Å². The molecule has 0 spiro atoms. The number of nitrogens with one attached hydrogen (secondary N) is 2. The first-order valence-corrected chi connectivity index (χ1v) is 11.1. The molecule has 0 bridgehead atoms. The van der Waals surface area contributed by atoms with Crippen LogP contribution < -0.4 is 15.4 Å². The fraction of sp³-hybridized carbons (Fsp3) is 0.190. The van der Waals surface area contributed by atoms with Gasteiger partial charge in [0, 0.05) is 15.5 Å². The second kappa shape index (κ2) is 11.0. The number of hydrogen-bond donors (Lipinski definition) is 2. The van der Waals surface area contributed by atoms with E-state index < -0.39 is 0 Å². The summed E-state index contributed by atoms with van der Waals surface area (Å²) in [4.78, 5) is 28.3. The van der Waals surface area contributed by atoms with Crippen molar-refractivity contribution in [2.75, 3.05) is 13.2 Å². The first kappa shape index (κ1) is 22.2. The molecule has 0 aliphatic rings. The molecule has 2 amide bonds. The predicted octanol–water partition coefficient (Wildman–Crippen LogP) is 3.55. The van der Waals surface area contributed by atoms with E-state index in [2.05, 4.69) is 38.2 Å². The summed E-state index contributed by atoms with van der Waals surface area (Å²) in [6.07, 6.45) is 0.395. The summed E-state index contributed by atoms with van der Waals surface area (Å²) in [6.45, 7) is 0.413. The van der Waals surface area contributed by atoms with Crippen LogP contribution in [0.25, 0.3) is 0 Å². The number of halogens is 2. The summed E-state index contributed by atoms with van der Waals surface area (Å²) in [6, 6.07) is 13.9. The van der Waals surface area contributed by atoms with Crippen molar-refractivity contribution in [1.82, 2.24) is 15.6 Å². The molecule has 0 aliphatic heterocycles. The Hall–Kier alpha value is -2.53. The number of amides is 2. The molecule has 1 aromatic heterocycles. The predicted molar refractivity (Wildman–Crippen MR) is 121 cm³/mol. The van der Waals surface area contributed by atoms with Gasteiger partial charge >= 0.3 is 0 Å². The summed E-state index contributed by atoms with van der Waals surface area (Å²) >= 11 is 3.47. The van der Waals surface area contributed by atoms with Crippen molar-refractivity contribution in [2.24, 2.45) is 0 Å². The lowest BCUT2D eigenvalue weighted by atomic mass is 10.1. The maximum absolute atomic E-state index is 13.6. The van der Waals surface area contributed by atoms with Crippen molar-refractivity contribution in [3.63, 3.8) is 0 Å². The summed E-state index contributed by atoms with van der Waals surface area (Å²) in [5, 5.41) is 7.67. The smallest absolute Gasteiger partial charge is 0.270 e. The van der Waals surface area contributed by atoms with Gasteiger partial charge in [0.2, 0.25) is 0 Å². The Morgan fingerprint density at radius 1 is 1.10 bits per heavy atom. The molecule has 3 aromatic rings. The van der Waals surface area contributed by atoms with Crippen molar-refractivity contribution < 1.29 is 18.7 Å². The quantitative estimate of drug-likeness (QED) is 0.408. The number of thiazole rings is 1. The molecule has 0 saturated heterocycles. The van der Waals surface area contributed by atoms with Crippen LogP contribution in [0, 0.1) is 9.39 Å². The Labute approximate surface area is 191 Å². The van der Waals surface area contributed by atoms with E-state index in [1.807, 2.05) is 12.1 Å². The van der Waals surface area contributed by atoms with Crippen molar-refractivity contribution in [3.05, 3.63) is 79.6 Å². The van der Waals surface area contributed by atoms with Gasteiger partial charge in [0.05, 0.1) is 6.54 Å². The first-order valence-electron chi connectivity index (χ1n) is 9.12. The highest BCUT2D eigenvalue weighted by Gasteiger charge is 2.12. The lowest BCUT2D eigenvalue weighted by Gasteiger charge is -2.06. The van der Waals surface area contributed by atoms with Gasteiger partial charge in [0.25, 0.3) is 11.8 Å². The van der Waals surface area contributed by atoms with E-state index in [1.54, 1.807) is 35.7 Å². The van der Waals surface area contributed by atoms with Crippen LogP contribution in [0.1, 0.15) is 21.1 Å². The summed E-state index contributed by atoms with van der Waals surface area (Å²) in [5.74, 6) is -0.277. The number of aromatic nitrogens is 1. The van der Waals surface area contributed by atoms with Gasteiger partial charge in [-0.25, -0.2) is 9.37 Å². The second-order valence-electron chi connectivity index (χ2n) is 6.24. The summed E-state index contributed by atoms with van der Waals surface area (Å²) in [7, 11) is 0. The molecule has 156 valence electrons. The Morgan fingerprint density at radius 2 is 1.87 bits per heavy atom. The fourth-order valence-corrected chi connectivity index (χ4v) is 3.58. The average Bonchev–Trinajstić information content (AvgIpc) is 3.22. The Morgan fingerprint density at radius 3 is 2.63 bits per heavy atom. The lowest BCUT2D eigenvalue weighted by Crippen LogP contribution is -2.28. The third-order valence-electron chi connectivity index (χ3n) is 4.04. The van der Waals surface area contributed by atoms with Crippen LogP contribution in [-0.2, 0) is 17.8 Å². The van der Waals surface area contributed by atoms with E-state index in [0.717, 1.165) is 3.57 Å². The van der Waals surface area contributed by atoms with Crippen molar-refractivity contribution in [3.8, 4) is 5.75 Å². The number of rotatable bonds is 9. The minimum absolute atomic E-state index is 0.102.